The van der Waals surface area contributed by atoms with Gasteiger partial charge in [-0.25, -0.2) is 4.39 Å². The second-order valence-electron chi connectivity index (χ2n) is 9.50. The largest absolute Gasteiger partial charge is 0.493 e. The third kappa shape index (κ3) is 4.79. The van der Waals surface area contributed by atoms with Crippen molar-refractivity contribution in [3.63, 3.8) is 0 Å². The molecule has 0 spiro atoms. The van der Waals surface area contributed by atoms with Crippen molar-refractivity contribution in [2.75, 3.05) is 19.5 Å². The van der Waals surface area contributed by atoms with Crippen LogP contribution in [-0.4, -0.2) is 25.9 Å². The van der Waals surface area contributed by atoms with Crippen LogP contribution in [0.5, 0.6) is 11.5 Å². The molecule has 0 saturated carbocycles. The number of carbonyl (C=O) groups excluding carboxylic acids is 2. The summed E-state index contributed by atoms with van der Waals surface area (Å²) in [5.74, 6) is -0.280. The van der Waals surface area contributed by atoms with Gasteiger partial charge in [0.1, 0.15) is 5.82 Å². The quantitative estimate of drug-likeness (QED) is 0.434. The molecule has 6 nitrogen and oxygen atoms in total. The summed E-state index contributed by atoms with van der Waals surface area (Å²) in [4.78, 5) is 27.5. The molecule has 3 aromatic rings. The van der Waals surface area contributed by atoms with Crippen LogP contribution in [0.2, 0.25) is 0 Å². The van der Waals surface area contributed by atoms with Crippen molar-refractivity contribution in [2.24, 2.45) is 0 Å². The molecule has 3 aromatic carbocycles. The Balaban J connectivity index is 1.59. The number of ether oxygens (including phenoxy) is 2. The van der Waals surface area contributed by atoms with Gasteiger partial charge in [0.2, 0.25) is 0 Å². The molecular formula is C31H29FN2O4. The summed E-state index contributed by atoms with van der Waals surface area (Å²) in [6, 6.07) is 21.0. The lowest BCUT2D eigenvalue weighted by atomic mass is 9.71. The summed E-state index contributed by atoms with van der Waals surface area (Å²) in [5.41, 5.74) is 4.80. The molecule has 2 N–H and O–H groups in total. The highest BCUT2D eigenvalue weighted by Gasteiger charge is 2.41. The minimum absolute atomic E-state index is 0.00744. The minimum atomic E-state index is -0.615. The zero-order valence-corrected chi connectivity index (χ0v) is 21.5. The molecule has 0 fully saturated rings. The summed E-state index contributed by atoms with van der Waals surface area (Å²) >= 11 is 0. The van der Waals surface area contributed by atoms with Crippen LogP contribution in [0.1, 0.15) is 42.7 Å². The van der Waals surface area contributed by atoms with Gasteiger partial charge < -0.3 is 20.1 Å². The molecule has 7 heteroatoms. The van der Waals surface area contributed by atoms with Gasteiger partial charge in [0, 0.05) is 40.6 Å². The number of hydrogen-bond acceptors (Lipinski definition) is 5. The maximum Gasteiger partial charge on any atom is 0.254 e. The van der Waals surface area contributed by atoms with Gasteiger partial charge in [-0.3, -0.25) is 9.59 Å². The monoisotopic (exact) mass is 512 g/mol. The lowest BCUT2D eigenvalue weighted by Crippen LogP contribution is -2.37. The Bertz CT molecular complexity index is 1440. The first-order valence-electron chi connectivity index (χ1n) is 12.5. The van der Waals surface area contributed by atoms with Crippen LogP contribution in [0.3, 0.4) is 0 Å². The molecule has 1 aliphatic carbocycles. The smallest absolute Gasteiger partial charge is 0.254 e. The lowest BCUT2D eigenvalue weighted by Gasteiger charge is -2.37. The van der Waals surface area contributed by atoms with Gasteiger partial charge in [-0.15, -0.1) is 0 Å². The number of anilines is 1. The number of methoxy groups -OCH3 is 2. The normalized spacial score (nSPS) is 19.0. The van der Waals surface area contributed by atoms with Crippen LogP contribution in [0.25, 0.3) is 0 Å². The van der Waals surface area contributed by atoms with Crippen LogP contribution in [0.4, 0.5) is 10.1 Å². The first kappa shape index (κ1) is 25.3. The van der Waals surface area contributed by atoms with Gasteiger partial charge in [0.15, 0.2) is 17.3 Å². The van der Waals surface area contributed by atoms with Gasteiger partial charge in [0.05, 0.1) is 14.2 Å². The van der Waals surface area contributed by atoms with E-state index in [0.29, 0.717) is 46.9 Å². The second kappa shape index (κ2) is 10.5. The first-order valence-corrected chi connectivity index (χ1v) is 12.5. The zero-order valence-electron chi connectivity index (χ0n) is 21.5. The van der Waals surface area contributed by atoms with Crippen LogP contribution in [0, 0.1) is 5.82 Å². The number of ketones is 1. The molecule has 38 heavy (non-hydrogen) atoms. The lowest BCUT2D eigenvalue weighted by molar-refractivity contribution is -0.116. The number of Topliss-reactive ketones (excluding diaryl/α,β-unsaturated/α-hetero) is 1. The Morgan fingerprint density at radius 2 is 1.63 bits per heavy atom. The Hall–Kier alpha value is -4.39. The first-order chi connectivity index (χ1) is 18.4. The van der Waals surface area contributed by atoms with Crippen molar-refractivity contribution in [2.45, 2.75) is 31.6 Å². The molecular weight excluding hydrogens is 483 g/mol. The van der Waals surface area contributed by atoms with E-state index in [9.17, 15) is 14.0 Å². The molecule has 194 valence electrons. The molecule has 1 aliphatic heterocycles. The Labute approximate surface area is 221 Å². The fraction of sp³-hybridized carbons (Fsp3) is 0.226. The summed E-state index contributed by atoms with van der Waals surface area (Å²) in [6.07, 6.45) is 0.999. The third-order valence-corrected chi connectivity index (χ3v) is 7.19. The van der Waals surface area contributed by atoms with Crippen molar-refractivity contribution >= 4 is 17.4 Å². The highest BCUT2D eigenvalue weighted by Crippen LogP contribution is 2.47. The Morgan fingerprint density at radius 1 is 0.921 bits per heavy atom. The Kier molecular flexibility index (Phi) is 7.01. The number of carbonyl (C=O) groups is 2. The number of halogens is 1. The molecule has 5 rings (SSSR count). The van der Waals surface area contributed by atoms with Crippen molar-refractivity contribution in [1.29, 1.82) is 0 Å². The molecule has 2 atom stereocenters. The fourth-order valence-corrected chi connectivity index (χ4v) is 5.40. The molecule has 2 aliphatic rings. The second-order valence-corrected chi connectivity index (χ2v) is 9.50. The van der Waals surface area contributed by atoms with Gasteiger partial charge >= 0.3 is 0 Å². The topological polar surface area (TPSA) is 76.7 Å². The third-order valence-electron chi connectivity index (χ3n) is 7.19. The van der Waals surface area contributed by atoms with E-state index < -0.39 is 11.7 Å². The van der Waals surface area contributed by atoms with Crippen LogP contribution >= 0.6 is 0 Å². The van der Waals surface area contributed by atoms with Gasteiger partial charge in [-0.2, -0.15) is 0 Å². The number of rotatable bonds is 6. The van der Waals surface area contributed by atoms with Crippen molar-refractivity contribution in [1.82, 2.24) is 5.32 Å². The zero-order chi connectivity index (χ0) is 26.8. The van der Waals surface area contributed by atoms with Crippen LogP contribution in [0.15, 0.2) is 95.3 Å². The average molecular weight is 513 g/mol. The average Bonchev–Trinajstić information content (AvgIpc) is 2.93. The fourth-order valence-electron chi connectivity index (χ4n) is 5.40. The number of amides is 1. The van der Waals surface area contributed by atoms with Crippen molar-refractivity contribution in [3.05, 3.63) is 112 Å². The predicted molar refractivity (Wildman–Crippen MR) is 144 cm³/mol. The van der Waals surface area contributed by atoms with Gasteiger partial charge in [-0.05, 0) is 66.8 Å². The standard InChI is InChI=1S/C31H29FN2O4/c1-18-28(31(36)34-23-12-10-22(32)11-13-23)29(20-9-14-26(37-2)27(17-20)38-3)30-24(33-18)15-21(16-25(30)35)19-7-5-4-6-8-19/h4-14,17,21,29,33H,15-16H2,1-3H3,(H,34,36). The molecule has 1 heterocycles. The molecule has 0 radical (unpaired) electrons. The van der Waals surface area contributed by atoms with E-state index in [0.717, 1.165) is 16.8 Å². The van der Waals surface area contributed by atoms with Gasteiger partial charge in [-0.1, -0.05) is 36.4 Å². The number of nitrogens with one attached hydrogen (secondary N) is 2. The number of allylic oxidation sites excluding steroid dienone is 3. The molecule has 1 amide bonds. The van der Waals surface area contributed by atoms with Crippen LogP contribution < -0.4 is 20.1 Å². The molecule has 2 unspecified atom stereocenters. The number of hydrogen-bond donors (Lipinski definition) is 2. The number of benzene rings is 3. The highest BCUT2D eigenvalue weighted by molar-refractivity contribution is 6.10. The van der Waals surface area contributed by atoms with E-state index in [1.54, 1.807) is 20.3 Å². The summed E-state index contributed by atoms with van der Waals surface area (Å²) < 4.78 is 24.4. The molecule has 0 aromatic heterocycles. The van der Waals surface area contributed by atoms with E-state index in [1.165, 1.54) is 24.3 Å². The Morgan fingerprint density at radius 3 is 2.32 bits per heavy atom. The maximum atomic E-state index is 13.8. The van der Waals surface area contributed by atoms with Gasteiger partial charge in [0.25, 0.3) is 5.91 Å². The number of dihydropyridines is 1. The summed E-state index contributed by atoms with van der Waals surface area (Å²) in [6.45, 7) is 1.84. The summed E-state index contributed by atoms with van der Waals surface area (Å²) in [7, 11) is 3.11. The maximum absolute atomic E-state index is 13.8. The van der Waals surface area contributed by atoms with E-state index in [2.05, 4.69) is 10.6 Å². The SMILES string of the molecule is COc1ccc(C2C(C(=O)Nc3ccc(F)cc3)=C(C)NC3=C2C(=O)CC(c2ccccc2)C3)cc1OC. The van der Waals surface area contributed by atoms with E-state index >= 15 is 0 Å². The van der Waals surface area contributed by atoms with E-state index in [4.69, 9.17) is 9.47 Å². The molecule has 0 saturated heterocycles. The van der Waals surface area contributed by atoms with Crippen molar-refractivity contribution in [3.8, 4) is 11.5 Å². The van der Waals surface area contributed by atoms with Crippen LogP contribution in [-0.2, 0) is 9.59 Å². The van der Waals surface area contributed by atoms with E-state index in [-0.39, 0.29) is 17.6 Å². The summed E-state index contributed by atoms with van der Waals surface area (Å²) in [5, 5.41) is 6.26. The van der Waals surface area contributed by atoms with Crippen molar-refractivity contribution < 1.29 is 23.5 Å². The molecule has 0 bridgehead atoms. The highest BCUT2D eigenvalue weighted by atomic mass is 19.1. The minimum Gasteiger partial charge on any atom is -0.493 e. The predicted octanol–water partition coefficient (Wildman–Crippen LogP) is 5.84. The van der Waals surface area contributed by atoms with E-state index in [1.807, 2.05) is 49.4 Å².